The van der Waals surface area contributed by atoms with E-state index in [-0.39, 0.29) is 6.04 Å². The second kappa shape index (κ2) is 8.46. The Bertz CT molecular complexity index is 1080. The van der Waals surface area contributed by atoms with E-state index < -0.39 is 20.5 Å². The van der Waals surface area contributed by atoms with Crippen LogP contribution in [-0.4, -0.2) is 26.3 Å². The minimum atomic E-state index is -4.59. The number of methoxy groups -OCH3 is 1. The fraction of sp³-hybridized carbons (Fsp3) is 0.250. The first kappa shape index (κ1) is 21.2. The van der Waals surface area contributed by atoms with E-state index in [1.807, 2.05) is 38.1 Å². The van der Waals surface area contributed by atoms with Gasteiger partial charge in [-0.05, 0) is 62.4 Å². The highest BCUT2D eigenvalue weighted by Crippen LogP contribution is 2.34. The molecule has 1 N–H and O–H groups in total. The van der Waals surface area contributed by atoms with Crippen LogP contribution in [0.1, 0.15) is 23.5 Å². The third kappa shape index (κ3) is 4.56. The average molecular weight is 439 g/mol. The van der Waals surface area contributed by atoms with Gasteiger partial charge < -0.3 is 10.1 Å². The van der Waals surface area contributed by atoms with Crippen LogP contribution in [0.15, 0.2) is 53.4 Å². The lowest BCUT2D eigenvalue weighted by molar-refractivity contribution is 0.234. The summed E-state index contributed by atoms with van der Waals surface area (Å²) in [5.74, 6) is -2.66. The summed E-state index contributed by atoms with van der Waals surface area (Å²) >= 11 is 1.56. The summed E-state index contributed by atoms with van der Waals surface area (Å²) in [6.07, 6.45) is 0. The minimum absolute atomic E-state index is 0.0999. The van der Waals surface area contributed by atoms with Crippen molar-refractivity contribution in [1.29, 1.82) is 0 Å². The number of rotatable bonds is 7. The largest absolute Gasteiger partial charge is 0.497 e. The number of hydrogen-bond acceptors (Lipinski definition) is 6. The second-order valence-electron chi connectivity index (χ2n) is 6.39. The Balaban J connectivity index is 1.77. The number of anilines is 1. The maximum absolute atomic E-state index is 12.6. The summed E-state index contributed by atoms with van der Waals surface area (Å²) in [6.45, 7) is 3.89. The standard InChI is InChI=1S/C20H20F2N2O3S2/c1-12(23-15-6-10-17(11-7-15)29(25,26)20(21)22)18-13(2)24-19(28-18)14-4-8-16(27-3)9-5-14/h4-12,20,23H,1-3H3. The molecule has 5 nitrogen and oxygen atoms in total. The Hall–Kier alpha value is -2.52. The van der Waals surface area contributed by atoms with Crippen LogP contribution < -0.4 is 10.1 Å². The molecule has 1 heterocycles. The number of aromatic nitrogens is 1. The van der Waals surface area contributed by atoms with E-state index in [9.17, 15) is 17.2 Å². The van der Waals surface area contributed by atoms with Crippen molar-refractivity contribution in [3.8, 4) is 16.3 Å². The van der Waals surface area contributed by atoms with Crippen LogP contribution in [0.3, 0.4) is 0 Å². The summed E-state index contributed by atoms with van der Waals surface area (Å²) < 4.78 is 53.5. The fourth-order valence-electron chi connectivity index (χ4n) is 2.83. The first-order valence-corrected chi connectivity index (χ1v) is 11.1. The van der Waals surface area contributed by atoms with Gasteiger partial charge >= 0.3 is 5.76 Å². The zero-order valence-corrected chi connectivity index (χ0v) is 17.7. The van der Waals surface area contributed by atoms with E-state index in [2.05, 4.69) is 10.3 Å². The highest BCUT2D eigenvalue weighted by Gasteiger charge is 2.26. The van der Waals surface area contributed by atoms with Gasteiger partial charge in [-0.3, -0.25) is 0 Å². The number of halogens is 2. The Kier molecular flexibility index (Phi) is 6.18. The van der Waals surface area contributed by atoms with Gasteiger partial charge in [-0.1, -0.05) is 0 Å². The molecular weight excluding hydrogens is 418 g/mol. The summed E-state index contributed by atoms with van der Waals surface area (Å²) in [6, 6.07) is 12.9. The number of sulfone groups is 1. The summed E-state index contributed by atoms with van der Waals surface area (Å²) in [7, 11) is -2.98. The smallest absolute Gasteiger partial charge is 0.341 e. The Morgan fingerprint density at radius 3 is 2.24 bits per heavy atom. The average Bonchev–Trinajstić information content (AvgIpc) is 3.10. The van der Waals surface area contributed by atoms with Crippen LogP contribution in [0.5, 0.6) is 5.75 Å². The first-order valence-electron chi connectivity index (χ1n) is 8.72. The van der Waals surface area contributed by atoms with Gasteiger partial charge in [0.2, 0.25) is 9.84 Å². The van der Waals surface area contributed by atoms with Crippen molar-refractivity contribution >= 4 is 26.9 Å². The van der Waals surface area contributed by atoms with Gasteiger partial charge in [0.25, 0.3) is 0 Å². The highest BCUT2D eigenvalue weighted by atomic mass is 32.2. The van der Waals surface area contributed by atoms with Crippen LogP contribution in [0.25, 0.3) is 10.6 Å². The monoisotopic (exact) mass is 438 g/mol. The number of benzene rings is 2. The Morgan fingerprint density at radius 1 is 1.07 bits per heavy atom. The molecule has 0 aliphatic rings. The van der Waals surface area contributed by atoms with Gasteiger partial charge in [-0.2, -0.15) is 8.78 Å². The second-order valence-corrected chi connectivity index (χ2v) is 9.34. The quantitative estimate of drug-likeness (QED) is 0.542. The van der Waals surface area contributed by atoms with Crippen molar-refractivity contribution in [3.63, 3.8) is 0 Å². The molecule has 0 saturated heterocycles. The predicted molar refractivity (Wildman–Crippen MR) is 111 cm³/mol. The molecule has 9 heteroatoms. The van der Waals surface area contributed by atoms with Gasteiger partial charge in [0.05, 0.1) is 23.7 Å². The lowest BCUT2D eigenvalue weighted by atomic mass is 10.2. The van der Waals surface area contributed by atoms with Crippen LogP contribution in [0.4, 0.5) is 14.5 Å². The lowest BCUT2D eigenvalue weighted by Crippen LogP contribution is -2.11. The lowest BCUT2D eigenvalue weighted by Gasteiger charge is -2.14. The number of ether oxygens (including phenoxy) is 1. The molecule has 0 amide bonds. The first-order chi connectivity index (χ1) is 13.7. The van der Waals surface area contributed by atoms with E-state index in [1.54, 1.807) is 18.4 Å². The molecule has 0 bridgehead atoms. The molecule has 154 valence electrons. The van der Waals surface area contributed by atoms with Gasteiger partial charge in [0.1, 0.15) is 10.8 Å². The third-order valence-electron chi connectivity index (χ3n) is 4.36. The van der Waals surface area contributed by atoms with Gasteiger partial charge in [0, 0.05) is 16.1 Å². The maximum Gasteiger partial charge on any atom is 0.341 e. The Morgan fingerprint density at radius 2 is 1.69 bits per heavy atom. The van der Waals surface area contributed by atoms with E-state index in [0.29, 0.717) is 5.69 Å². The molecule has 0 aliphatic carbocycles. The van der Waals surface area contributed by atoms with E-state index in [1.165, 1.54) is 24.3 Å². The van der Waals surface area contributed by atoms with Crippen molar-refractivity contribution in [3.05, 3.63) is 59.1 Å². The molecule has 3 rings (SSSR count). The van der Waals surface area contributed by atoms with Crippen LogP contribution >= 0.6 is 11.3 Å². The molecule has 0 aliphatic heterocycles. The molecule has 1 aromatic heterocycles. The molecule has 0 spiro atoms. The molecule has 1 atom stereocenters. The fourth-order valence-corrected chi connectivity index (χ4v) is 4.62. The highest BCUT2D eigenvalue weighted by molar-refractivity contribution is 7.91. The topological polar surface area (TPSA) is 68.3 Å². The van der Waals surface area contributed by atoms with E-state index >= 15 is 0 Å². The number of aryl methyl sites for hydroxylation is 1. The molecule has 29 heavy (non-hydrogen) atoms. The molecule has 0 saturated carbocycles. The summed E-state index contributed by atoms with van der Waals surface area (Å²) in [5.41, 5.74) is 2.50. The van der Waals surface area contributed by atoms with Crippen molar-refractivity contribution in [2.75, 3.05) is 12.4 Å². The van der Waals surface area contributed by atoms with Gasteiger partial charge in [-0.15, -0.1) is 11.3 Å². The third-order valence-corrected chi connectivity index (χ3v) is 7.15. The van der Waals surface area contributed by atoms with Crippen molar-refractivity contribution in [2.24, 2.45) is 0 Å². The van der Waals surface area contributed by atoms with Crippen LogP contribution in [-0.2, 0) is 9.84 Å². The predicted octanol–water partition coefficient (Wildman–Crippen LogP) is 5.30. The summed E-state index contributed by atoms with van der Waals surface area (Å²) in [5, 5.41) is 4.14. The number of nitrogens with zero attached hydrogens (tertiary/aromatic N) is 1. The molecule has 0 radical (unpaired) electrons. The Labute approximate surface area is 172 Å². The number of thiazole rings is 1. The van der Waals surface area contributed by atoms with E-state index in [0.717, 1.165) is 26.9 Å². The molecule has 3 aromatic rings. The van der Waals surface area contributed by atoms with Crippen molar-refractivity contribution in [1.82, 2.24) is 4.98 Å². The van der Waals surface area contributed by atoms with Crippen LogP contribution in [0.2, 0.25) is 0 Å². The maximum atomic E-state index is 12.6. The van der Waals surface area contributed by atoms with Crippen LogP contribution in [0, 0.1) is 6.92 Å². The molecule has 2 aromatic carbocycles. The summed E-state index contributed by atoms with van der Waals surface area (Å²) in [4.78, 5) is 5.27. The van der Waals surface area contributed by atoms with Gasteiger partial charge in [-0.25, -0.2) is 13.4 Å². The van der Waals surface area contributed by atoms with Gasteiger partial charge in [0.15, 0.2) is 0 Å². The number of hydrogen-bond donors (Lipinski definition) is 1. The zero-order valence-electron chi connectivity index (χ0n) is 16.0. The van der Waals surface area contributed by atoms with E-state index in [4.69, 9.17) is 4.74 Å². The molecular formula is C20H20F2N2O3S2. The van der Waals surface area contributed by atoms with Crippen molar-refractivity contribution < 1.29 is 21.9 Å². The zero-order chi connectivity index (χ0) is 21.2. The molecule has 0 fully saturated rings. The SMILES string of the molecule is COc1ccc(-c2nc(C)c(C(C)Nc3ccc(S(=O)(=O)C(F)F)cc3)s2)cc1. The van der Waals surface area contributed by atoms with Crippen molar-refractivity contribution in [2.45, 2.75) is 30.5 Å². The normalized spacial score (nSPS) is 12.8. The molecule has 1 unspecified atom stereocenters. The minimum Gasteiger partial charge on any atom is -0.497 e. The number of nitrogens with one attached hydrogen (secondary N) is 1. The number of alkyl halides is 2.